The standard InChI is InChI=1S/C17H15BrN2O4/c1-2-24-16(18)11-19-15-9-8-13(20(22)23)10-14(15)17(21)12-6-4-3-5-7-12/h3-11,16H,2H2,1H3. The highest BCUT2D eigenvalue weighted by molar-refractivity contribution is 9.09. The van der Waals surface area contributed by atoms with Gasteiger partial charge in [0.05, 0.1) is 16.2 Å². The number of nitrogens with zero attached hydrogens (tertiary/aromatic N) is 2. The molecular formula is C17H15BrN2O4. The van der Waals surface area contributed by atoms with Gasteiger partial charge in [-0.2, -0.15) is 0 Å². The molecule has 0 aromatic heterocycles. The number of alkyl halides is 1. The number of ketones is 1. The maximum atomic E-state index is 12.7. The van der Waals surface area contributed by atoms with E-state index in [0.717, 1.165) is 0 Å². The van der Waals surface area contributed by atoms with Gasteiger partial charge in [0, 0.05) is 30.5 Å². The number of ether oxygens (including phenoxy) is 1. The summed E-state index contributed by atoms with van der Waals surface area (Å²) >= 11 is 3.28. The lowest BCUT2D eigenvalue weighted by Crippen LogP contribution is -2.06. The Hall–Kier alpha value is -2.38. The normalized spacial score (nSPS) is 12.2. The van der Waals surface area contributed by atoms with Crippen LogP contribution in [0.3, 0.4) is 0 Å². The van der Waals surface area contributed by atoms with Gasteiger partial charge >= 0.3 is 0 Å². The fraction of sp³-hybridized carbons (Fsp3) is 0.176. The Kier molecular flexibility index (Phi) is 6.34. The van der Waals surface area contributed by atoms with Crippen LogP contribution in [0.1, 0.15) is 22.8 Å². The lowest BCUT2D eigenvalue weighted by atomic mass is 10.0. The van der Waals surface area contributed by atoms with Crippen LogP contribution in [0.4, 0.5) is 11.4 Å². The second-order valence-corrected chi connectivity index (χ2v) is 5.64. The van der Waals surface area contributed by atoms with Crippen molar-refractivity contribution in [1.29, 1.82) is 0 Å². The molecule has 7 heteroatoms. The van der Waals surface area contributed by atoms with Crippen LogP contribution in [0.2, 0.25) is 0 Å². The van der Waals surface area contributed by atoms with Gasteiger partial charge in [0.15, 0.2) is 5.78 Å². The number of nitro benzene ring substituents is 1. The van der Waals surface area contributed by atoms with Crippen LogP contribution >= 0.6 is 15.9 Å². The first kappa shape index (κ1) is 18.0. The van der Waals surface area contributed by atoms with Crippen molar-refractivity contribution in [3.05, 3.63) is 69.8 Å². The van der Waals surface area contributed by atoms with E-state index in [2.05, 4.69) is 20.9 Å². The van der Waals surface area contributed by atoms with Gasteiger partial charge in [0.1, 0.15) is 5.01 Å². The van der Waals surface area contributed by atoms with Crippen LogP contribution in [0, 0.1) is 10.1 Å². The van der Waals surface area contributed by atoms with Crippen molar-refractivity contribution in [2.45, 2.75) is 11.9 Å². The number of carbonyl (C=O) groups is 1. The topological polar surface area (TPSA) is 81.8 Å². The number of aliphatic imine (C=N–C) groups is 1. The molecule has 0 N–H and O–H groups in total. The first-order valence-corrected chi connectivity index (χ1v) is 8.12. The van der Waals surface area contributed by atoms with Gasteiger partial charge in [-0.25, -0.2) is 0 Å². The maximum Gasteiger partial charge on any atom is 0.270 e. The fourth-order valence-electron chi connectivity index (χ4n) is 2.02. The van der Waals surface area contributed by atoms with Crippen LogP contribution in [0.5, 0.6) is 0 Å². The van der Waals surface area contributed by atoms with Gasteiger partial charge in [-0.05, 0) is 13.0 Å². The molecule has 0 bridgehead atoms. The Bertz CT molecular complexity index is 762. The largest absolute Gasteiger partial charge is 0.362 e. The Morgan fingerprint density at radius 2 is 2.04 bits per heavy atom. The third kappa shape index (κ3) is 4.56. The molecule has 0 radical (unpaired) electrons. The summed E-state index contributed by atoms with van der Waals surface area (Å²) in [4.78, 5) is 27.4. The van der Waals surface area contributed by atoms with Crippen LogP contribution in [-0.4, -0.2) is 28.5 Å². The Balaban J connectivity index is 2.44. The summed E-state index contributed by atoms with van der Waals surface area (Å²) in [7, 11) is 0. The highest BCUT2D eigenvalue weighted by Crippen LogP contribution is 2.27. The lowest BCUT2D eigenvalue weighted by Gasteiger charge is -2.07. The second kappa shape index (κ2) is 8.47. The molecule has 0 heterocycles. The minimum atomic E-state index is -0.539. The zero-order chi connectivity index (χ0) is 17.5. The van der Waals surface area contributed by atoms with Gasteiger partial charge in [0.25, 0.3) is 5.69 Å². The number of nitro groups is 1. The smallest absolute Gasteiger partial charge is 0.270 e. The zero-order valence-electron chi connectivity index (χ0n) is 12.9. The predicted molar refractivity (Wildman–Crippen MR) is 95.5 cm³/mol. The summed E-state index contributed by atoms with van der Waals surface area (Å²) < 4.78 is 5.28. The molecule has 0 aliphatic rings. The van der Waals surface area contributed by atoms with E-state index in [0.29, 0.717) is 17.9 Å². The highest BCUT2D eigenvalue weighted by atomic mass is 79.9. The van der Waals surface area contributed by atoms with Crippen molar-refractivity contribution < 1.29 is 14.5 Å². The van der Waals surface area contributed by atoms with Gasteiger partial charge in [-0.3, -0.25) is 19.9 Å². The van der Waals surface area contributed by atoms with Crippen LogP contribution in [0.25, 0.3) is 0 Å². The molecule has 2 rings (SSSR count). The van der Waals surface area contributed by atoms with Crippen LogP contribution in [-0.2, 0) is 4.74 Å². The van der Waals surface area contributed by atoms with Crippen molar-refractivity contribution in [2.24, 2.45) is 4.99 Å². The lowest BCUT2D eigenvalue weighted by molar-refractivity contribution is -0.384. The van der Waals surface area contributed by atoms with E-state index in [1.165, 1.54) is 24.4 Å². The minimum Gasteiger partial charge on any atom is -0.362 e. The molecule has 24 heavy (non-hydrogen) atoms. The molecular weight excluding hydrogens is 376 g/mol. The van der Waals surface area contributed by atoms with E-state index in [1.807, 2.05) is 6.92 Å². The Morgan fingerprint density at radius 1 is 1.33 bits per heavy atom. The summed E-state index contributed by atoms with van der Waals surface area (Å²) in [5, 5.41) is 10.6. The van der Waals surface area contributed by atoms with Gasteiger partial charge in [0.2, 0.25) is 0 Å². The van der Waals surface area contributed by atoms with Gasteiger partial charge in [-0.15, -0.1) is 0 Å². The molecule has 2 aromatic carbocycles. The first-order chi connectivity index (χ1) is 11.5. The monoisotopic (exact) mass is 390 g/mol. The third-order valence-electron chi connectivity index (χ3n) is 3.13. The van der Waals surface area contributed by atoms with Crippen LogP contribution in [0.15, 0.2) is 53.5 Å². The average molecular weight is 391 g/mol. The number of halogens is 1. The van der Waals surface area contributed by atoms with Gasteiger partial charge < -0.3 is 4.74 Å². The molecule has 0 amide bonds. The van der Waals surface area contributed by atoms with E-state index < -0.39 is 9.94 Å². The summed E-state index contributed by atoms with van der Waals surface area (Å²) in [6.07, 6.45) is 1.49. The molecule has 1 atom stereocenters. The number of carbonyl (C=O) groups excluding carboxylic acids is 1. The third-order valence-corrected chi connectivity index (χ3v) is 3.63. The number of benzene rings is 2. The molecule has 124 valence electrons. The molecule has 6 nitrogen and oxygen atoms in total. The summed E-state index contributed by atoms with van der Waals surface area (Å²) in [6, 6.07) is 12.6. The number of non-ortho nitro benzene ring substituents is 1. The van der Waals surface area contributed by atoms with E-state index in [4.69, 9.17) is 4.74 Å². The van der Waals surface area contributed by atoms with E-state index in [9.17, 15) is 14.9 Å². The number of rotatable bonds is 7. The number of hydrogen-bond acceptors (Lipinski definition) is 5. The molecule has 1 unspecified atom stereocenters. The second-order valence-electron chi connectivity index (χ2n) is 4.74. The maximum absolute atomic E-state index is 12.7. The SMILES string of the molecule is CCOC(Br)C=Nc1ccc([N+](=O)[O-])cc1C(=O)c1ccccc1. The van der Waals surface area contributed by atoms with Crippen LogP contribution < -0.4 is 0 Å². The number of hydrogen-bond donors (Lipinski definition) is 0. The Labute approximate surface area is 147 Å². The van der Waals surface area contributed by atoms with Crippen molar-refractivity contribution in [2.75, 3.05) is 6.61 Å². The summed E-state index contributed by atoms with van der Waals surface area (Å²) in [5.41, 5.74) is 0.796. The molecule has 0 aliphatic heterocycles. The zero-order valence-corrected chi connectivity index (χ0v) is 14.5. The van der Waals surface area contributed by atoms with Crippen molar-refractivity contribution in [3.8, 4) is 0 Å². The highest BCUT2D eigenvalue weighted by Gasteiger charge is 2.18. The quantitative estimate of drug-likeness (QED) is 0.232. The molecule has 0 saturated carbocycles. The predicted octanol–water partition coefficient (Wildman–Crippen LogP) is 4.29. The van der Waals surface area contributed by atoms with Crippen molar-refractivity contribution in [3.63, 3.8) is 0 Å². The summed E-state index contributed by atoms with van der Waals surface area (Å²) in [5.74, 6) is -0.325. The minimum absolute atomic E-state index is 0.159. The molecule has 0 fully saturated rings. The molecule has 0 aliphatic carbocycles. The molecule has 0 saturated heterocycles. The Morgan fingerprint density at radius 3 is 2.67 bits per heavy atom. The van der Waals surface area contributed by atoms with Crippen molar-refractivity contribution in [1.82, 2.24) is 0 Å². The van der Waals surface area contributed by atoms with Crippen molar-refractivity contribution >= 4 is 39.3 Å². The fourth-order valence-corrected chi connectivity index (χ4v) is 2.40. The summed E-state index contributed by atoms with van der Waals surface area (Å²) in [6.45, 7) is 2.34. The van der Waals surface area contributed by atoms with E-state index in [-0.39, 0.29) is 17.0 Å². The van der Waals surface area contributed by atoms with E-state index in [1.54, 1.807) is 30.3 Å². The molecule has 2 aromatic rings. The van der Waals surface area contributed by atoms with Gasteiger partial charge in [-0.1, -0.05) is 46.3 Å². The van der Waals surface area contributed by atoms with E-state index >= 15 is 0 Å². The first-order valence-electron chi connectivity index (χ1n) is 7.21. The molecule has 0 spiro atoms. The average Bonchev–Trinajstić information content (AvgIpc) is 2.60.